The van der Waals surface area contributed by atoms with Gasteiger partial charge in [-0.3, -0.25) is 14.3 Å². The van der Waals surface area contributed by atoms with Crippen molar-refractivity contribution < 1.29 is 0 Å². The largest absolute Gasteiger partial charge is 0.329 e. The number of hydrazone groups is 1. The summed E-state index contributed by atoms with van der Waals surface area (Å²) in [5.41, 5.74) is 4.45. The molecule has 0 spiro atoms. The molecule has 0 saturated heterocycles. The Morgan fingerprint density at radius 1 is 1.09 bits per heavy atom. The Hall–Kier alpha value is -2.87. The lowest BCUT2D eigenvalue weighted by Gasteiger charge is -2.09. The van der Waals surface area contributed by atoms with E-state index in [1.165, 1.54) is 30.3 Å². The molecular formula is C23H31ClN6O2. The van der Waals surface area contributed by atoms with E-state index in [0.29, 0.717) is 28.7 Å². The number of hydrogen-bond acceptors (Lipinski definition) is 5. The molecule has 1 aromatic carbocycles. The zero-order chi connectivity index (χ0) is 23.1. The first-order chi connectivity index (χ1) is 15.4. The van der Waals surface area contributed by atoms with Crippen LogP contribution in [0.4, 0.5) is 5.95 Å². The molecule has 9 heteroatoms. The van der Waals surface area contributed by atoms with Crippen LogP contribution in [0, 0.1) is 0 Å². The van der Waals surface area contributed by atoms with Crippen LogP contribution in [0.25, 0.3) is 11.2 Å². The number of aromatic nitrogens is 4. The van der Waals surface area contributed by atoms with Crippen molar-refractivity contribution >= 4 is 34.4 Å². The van der Waals surface area contributed by atoms with Crippen molar-refractivity contribution in [1.82, 2.24) is 19.1 Å². The van der Waals surface area contributed by atoms with E-state index in [2.05, 4.69) is 27.4 Å². The number of imidazole rings is 1. The number of H-pyrrole nitrogens is 1. The average Bonchev–Trinajstić information content (AvgIpc) is 3.15. The van der Waals surface area contributed by atoms with Gasteiger partial charge in [0.15, 0.2) is 11.2 Å². The van der Waals surface area contributed by atoms with Crippen molar-refractivity contribution in [2.75, 3.05) is 5.43 Å². The number of fused-ring (bicyclic) bond motifs is 1. The number of nitrogens with one attached hydrogen (secondary N) is 2. The quantitative estimate of drug-likeness (QED) is 0.248. The number of rotatable bonds is 11. The number of nitrogens with zero attached hydrogens (tertiary/aromatic N) is 4. The van der Waals surface area contributed by atoms with E-state index in [9.17, 15) is 9.59 Å². The molecule has 0 radical (unpaired) electrons. The fraction of sp³-hybridized carbons (Fsp3) is 0.478. The van der Waals surface area contributed by atoms with Crippen molar-refractivity contribution in [2.45, 2.75) is 65.3 Å². The summed E-state index contributed by atoms with van der Waals surface area (Å²) in [5.74, 6) is 0.436. The molecule has 0 aliphatic heterocycles. The second kappa shape index (κ2) is 11.1. The highest BCUT2D eigenvalue weighted by Crippen LogP contribution is 2.18. The zero-order valence-electron chi connectivity index (χ0n) is 18.9. The molecule has 8 nitrogen and oxygen atoms in total. The molecular weight excluding hydrogens is 428 g/mol. The van der Waals surface area contributed by atoms with Crippen molar-refractivity contribution in [3.63, 3.8) is 0 Å². The molecule has 32 heavy (non-hydrogen) atoms. The first-order valence-electron chi connectivity index (χ1n) is 11.2. The van der Waals surface area contributed by atoms with Gasteiger partial charge in [0.1, 0.15) is 0 Å². The van der Waals surface area contributed by atoms with Crippen LogP contribution < -0.4 is 16.7 Å². The molecule has 0 aliphatic carbocycles. The van der Waals surface area contributed by atoms with Gasteiger partial charge in [0.05, 0.1) is 5.71 Å². The standard InChI is InChI=1S/C23H31ClN6O2/c1-4-5-6-7-8-9-10-15-30-19-20(29(3)23(32)26-21(19)31)25-22(30)28-27-16(2)17-11-13-18(24)14-12-17/h11-14H,4-10,15H2,1-3H3,(H,25,28)(H,26,31,32)/b27-16-. The van der Waals surface area contributed by atoms with E-state index in [-0.39, 0.29) is 0 Å². The fourth-order valence-corrected chi connectivity index (χ4v) is 3.78. The van der Waals surface area contributed by atoms with E-state index in [4.69, 9.17) is 11.6 Å². The highest BCUT2D eigenvalue weighted by Gasteiger charge is 2.17. The van der Waals surface area contributed by atoms with Crippen molar-refractivity contribution in [3.8, 4) is 0 Å². The SMILES string of the molecule is CCCCCCCCCn1c(N/N=C(/C)c2ccc(Cl)cc2)nc2c1c(=O)[nH]c(=O)n2C. The number of aromatic amines is 1. The van der Waals surface area contributed by atoms with Crippen LogP contribution in [0.3, 0.4) is 0 Å². The molecule has 0 fully saturated rings. The summed E-state index contributed by atoms with van der Waals surface area (Å²) in [6.07, 6.45) is 8.13. The van der Waals surface area contributed by atoms with Crippen LogP contribution in [0.1, 0.15) is 64.4 Å². The predicted octanol–water partition coefficient (Wildman–Crippen LogP) is 4.66. The molecule has 0 atom stereocenters. The summed E-state index contributed by atoms with van der Waals surface area (Å²) in [6.45, 7) is 4.70. The molecule has 0 bridgehead atoms. The lowest BCUT2D eigenvalue weighted by atomic mass is 10.1. The van der Waals surface area contributed by atoms with Gasteiger partial charge in [-0.1, -0.05) is 69.2 Å². The maximum Gasteiger partial charge on any atom is 0.329 e. The highest BCUT2D eigenvalue weighted by atomic mass is 35.5. The van der Waals surface area contributed by atoms with Crippen LogP contribution in [0.15, 0.2) is 39.0 Å². The number of anilines is 1. The number of halogens is 1. The fourth-order valence-electron chi connectivity index (χ4n) is 3.65. The summed E-state index contributed by atoms with van der Waals surface area (Å²) in [4.78, 5) is 31.5. The van der Waals surface area contributed by atoms with Gasteiger partial charge in [-0.2, -0.15) is 10.1 Å². The first kappa shape index (κ1) is 23.8. The lowest BCUT2D eigenvalue weighted by molar-refractivity contribution is 0.556. The maximum atomic E-state index is 12.6. The topological polar surface area (TPSA) is 97.1 Å². The van der Waals surface area contributed by atoms with Crippen LogP contribution in [-0.2, 0) is 13.6 Å². The predicted molar refractivity (Wildman–Crippen MR) is 131 cm³/mol. The van der Waals surface area contributed by atoms with Crippen LogP contribution >= 0.6 is 11.6 Å². The first-order valence-corrected chi connectivity index (χ1v) is 11.6. The second-order valence-corrected chi connectivity index (χ2v) is 8.45. The Morgan fingerprint density at radius 3 is 2.44 bits per heavy atom. The normalized spacial score (nSPS) is 11.9. The van der Waals surface area contributed by atoms with Gasteiger partial charge >= 0.3 is 5.69 Å². The van der Waals surface area contributed by atoms with E-state index in [1.807, 2.05) is 23.6 Å². The smallest absolute Gasteiger partial charge is 0.303 e. The van der Waals surface area contributed by atoms with E-state index < -0.39 is 11.2 Å². The number of aryl methyl sites for hydroxylation is 2. The van der Waals surface area contributed by atoms with Gasteiger partial charge in [-0.05, 0) is 31.0 Å². The average molecular weight is 459 g/mol. The highest BCUT2D eigenvalue weighted by molar-refractivity contribution is 6.30. The minimum atomic E-state index is -0.490. The third-order valence-corrected chi connectivity index (χ3v) is 5.83. The molecule has 0 unspecified atom stereocenters. The Balaban J connectivity index is 1.84. The Bertz CT molecular complexity index is 1190. The molecule has 2 aromatic heterocycles. The number of hydrogen-bond donors (Lipinski definition) is 2. The van der Waals surface area contributed by atoms with Gasteiger partial charge < -0.3 is 4.57 Å². The Kier molecular flexibility index (Phi) is 8.27. The van der Waals surface area contributed by atoms with Gasteiger partial charge in [-0.25, -0.2) is 10.2 Å². The minimum absolute atomic E-state index is 0.337. The minimum Gasteiger partial charge on any atom is -0.303 e. The van der Waals surface area contributed by atoms with Gasteiger partial charge in [0.2, 0.25) is 5.95 Å². The molecule has 0 aliphatic rings. The molecule has 3 aromatic rings. The van der Waals surface area contributed by atoms with Crippen LogP contribution in [-0.4, -0.2) is 24.8 Å². The Labute approximate surface area is 192 Å². The number of benzene rings is 1. The van der Waals surface area contributed by atoms with Gasteiger partial charge in [0, 0.05) is 18.6 Å². The van der Waals surface area contributed by atoms with E-state index in [1.54, 1.807) is 19.2 Å². The molecule has 0 amide bonds. The van der Waals surface area contributed by atoms with Gasteiger partial charge in [0.25, 0.3) is 5.56 Å². The molecule has 0 saturated carbocycles. The van der Waals surface area contributed by atoms with Crippen molar-refractivity contribution in [2.24, 2.45) is 12.1 Å². The molecule has 172 valence electrons. The van der Waals surface area contributed by atoms with Crippen molar-refractivity contribution in [3.05, 3.63) is 55.7 Å². The monoisotopic (exact) mass is 458 g/mol. The lowest BCUT2D eigenvalue weighted by Crippen LogP contribution is -2.29. The van der Waals surface area contributed by atoms with Gasteiger partial charge in [-0.15, -0.1) is 0 Å². The third-order valence-electron chi connectivity index (χ3n) is 5.58. The summed E-state index contributed by atoms with van der Waals surface area (Å²) in [6, 6.07) is 7.39. The molecule has 3 rings (SSSR count). The maximum absolute atomic E-state index is 12.6. The van der Waals surface area contributed by atoms with E-state index in [0.717, 1.165) is 30.5 Å². The third kappa shape index (κ3) is 5.68. The van der Waals surface area contributed by atoms with Crippen molar-refractivity contribution in [1.29, 1.82) is 0 Å². The Morgan fingerprint density at radius 2 is 1.75 bits per heavy atom. The summed E-state index contributed by atoms with van der Waals surface area (Å²) < 4.78 is 3.16. The van der Waals surface area contributed by atoms with Crippen LogP contribution in [0.2, 0.25) is 5.02 Å². The van der Waals surface area contributed by atoms with Crippen LogP contribution in [0.5, 0.6) is 0 Å². The molecule has 2 heterocycles. The second-order valence-electron chi connectivity index (χ2n) is 8.01. The summed E-state index contributed by atoms with van der Waals surface area (Å²) >= 11 is 5.96. The number of unbranched alkanes of at least 4 members (excludes halogenated alkanes) is 6. The summed E-state index contributed by atoms with van der Waals surface area (Å²) in [7, 11) is 1.59. The zero-order valence-corrected chi connectivity index (χ0v) is 19.7. The van der Waals surface area contributed by atoms with E-state index >= 15 is 0 Å². The summed E-state index contributed by atoms with van der Waals surface area (Å²) in [5, 5.41) is 5.11. The molecule has 2 N–H and O–H groups in total.